The Morgan fingerprint density at radius 2 is 1.81 bits per heavy atom. The van der Waals surface area contributed by atoms with E-state index < -0.39 is 6.04 Å². The van der Waals surface area contributed by atoms with Crippen LogP contribution >= 0.6 is 11.6 Å². The van der Waals surface area contributed by atoms with Gasteiger partial charge in [-0.2, -0.15) is 0 Å². The number of hydrogen-bond acceptors (Lipinski definition) is 3. The van der Waals surface area contributed by atoms with Gasteiger partial charge < -0.3 is 15.2 Å². The average molecular weight is 379 g/mol. The number of urea groups is 1. The largest absolute Gasteiger partial charge is 0.327 e. The van der Waals surface area contributed by atoms with Crippen LogP contribution in [0.2, 0.25) is 5.02 Å². The van der Waals surface area contributed by atoms with Crippen LogP contribution in [0.25, 0.3) is 5.69 Å². The van der Waals surface area contributed by atoms with Crippen LogP contribution in [0.15, 0.2) is 79.0 Å². The van der Waals surface area contributed by atoms with Gasteiger partial charge in [-0.05, 0) is 42.0 Å². The molecule has 2 amide bonds. The number of nitrogens with one attached hydrogen (secondary N) is 2. The maximum atomic E-state index is 13.1. The van der Waals surface area contributed by atoms with Gasteiger partial charge >= 0.3 is 6.03 Å². The fourth-order valence-corrected chi connectivity index (χ4v) is 3.08. The molecule has 3 aromatic rings. The summed E-state index contributed by atoms with van der Waals surface area (Å²) in [5.74, 6) is -0.167. The van der Waals surface area contributed by atoms with Gasteiger partial charge in [-0.3, -0.25) is 4.79 Å². The molecular formula is C20H15ClN4O2. The molecule has 4 rings (SSSR count). The number of hydrogen-bond donors (Lipinski definition) is 2. The van der Waals surface area contributed by atoms with E-state index in [9.17, 15) is 9.59 Å². The van der Waals surface area contributed by atoms with Crippen LogP contribution in [0.1, 0.15) is 22.0 Å². The predicted octanol–water partition coefficient (Wildman–Crippen LogP) is 3.65. The standard InChI is InChI=1S/C20H15ClN4O2/c21-15-5-1-13(2-6-15)18-17(11-23-20(27)24-18)19(26)14-3-7-16(8-4-14)25-10-9-22-12-25/h1-12,18H,(H2,23,24,27). The third-order valence-corrected chi connectivity index (χ3v) is 4.59. The van der Waals surface area contributed by atoms with Crippen molar-refractivity contribution < 1.29 is 9.59 Å². The summed E-state index contributed by atoms with van der Waals surface area (Å²) < 4.78 is 1.85. The molecule has 1 aliphatic rings. The van der Waals surface area contributed by atoms with Crippen LogP contribution in [-0.4, -0.2) is 21.4 Å². The minimum atomic E-state index is -0.545. The Kier molecular flexibility index (Phi) is 4.48. The molecule has 1 unspecified atom stereocenters. The van der Waals surface area contributed by atoms with Crippen molar-refractivity contribution in [3.63, 3.8) is 0 Å². The molecule has 27 heavy (non-hydrogen) atoms. The third-order valence-electron chi connectivity index (χ3n) is 4.34. The van der Waals surface area contributed by atoms with Crippen LogP contribution < -0.4 is 10.6 Å². The second kappa shape index (κ2) is 7.09. The lowest BCUT2D eigenvalue weighted by molar-refractivity contribution is 0.102. The highest BCUT2D eigenvalue weighted by atomic mass is 35.5. The normalized spacial score (nSPS) is 16.3. The van der Waals surface area contributed by atoms with E-state index in [0.29, 0.717) is 16.2 Å². The molecule has 7 heteroatoms. The van der Waals surface area contributed by atoms with Crippen molar-refractivity contribution in [2.24, 2.45) is 0 Å². The van der Waals surface area contributed by atoms with Gasteiger partial charge in [0.25, 0.3) is 0 Å². The van der Waals surface area contributed by atoms with Crippen LogP contribution in [0.3, 0.4) is 0 Å². The van der Waals surface area contributed by atoms with Crippen molar-refractivity contribution in [3.8, 4) is 5.69 Å². The molecule has 2 N–H and O–H groups in total. The van der Waals surface area contributed by atoms with E-state index >= 15 is 0 Å². The summed E-state index contributed by atoms with van der Waals surface area (Å²) >= 11 is 5.94. The Bertz CT molecular complexity index is 1010. The summed E-state index contributed by atoms with van der Waals surface area (Å²) in [4.78, 5) is 28.8. The molecule has 0 fully saturated rings. The third kappa shape index (κ3) is 3.47. The zero-order valence-corrected chi connectivity index (χ0v) is 14.9. The first kappa shape index (κ1) is 17.1. The second-order valence-corrected chi connectivity index (χ2v) is 6.48. The topological polar surface area (TPSA) is 76.0 Å². The van der Waals surface area contributed by atoms with Gasteiger partial charge in [0.05, 0.1) is 12.4 Å². The van der Waals surface area contributed by atoms with E-state index in [-0.39, 0.29) is 11.8 Å². The molecule has 0 saturated carbocycles. The van der Waals surface area contributed by atoms with Crippen molar-refractivity contribution in [2.75, 3.05) is 0 Å². The summed E-state index contributed by atoms with van der Waals surface area (Å²) in [6.07, 6.45) is 6.67. The number of benzene rings is 2. The highest BCUT2D eigenvalue weighted by Gasteiger charge is 2.28. The molecule has 6 nitrogen and oxygen atoms in total. The Hall–Kier alpha value is -3.38. The van der Waals surface area contributed by atoms with Crippen LogP contribution in [0.5, 0.6) is 0 Å². The molecule has 1 aromatic heterocycles. The first-order valence-electron chi connectivity index (χ1n) is 8.27. The van der Waals surface area contributed by atoms with E-state index in [1.807, 2.05) is 22.9 Å². The van der Waals surface area contributed by atoms with Gasteiger partial charge in [-0.1, -0.05) is 23.7 Å². The summed E-state index contributed by atoms with van der Waals surface area (Å²) in [6, 6.07) is 13.4. The molecule has 0 bridgehead atoms. The number of Topliss-reactive ketones (excluding diaryl/α,β-unsaturated/α-hetero) is 1. The number of imidazole rings is 1. The van der Waals surface area contributed by atoms with E-state index in [4.69, 9.17) is 11.6 Å². The minimum Gasteiger partial charge on any atom is -0.327 e. The number of halogens is 1. The lowest BCUT2D eigenvalue weighted by Crippen LogP contribution is -2.42. The number of amides is 2. The number of carbonyl (C=O) groups is 2. The fraction of sp³-hybridized carbons (Fsp3) is 0.0500. The zero-order valence-electron chi connectivity index (χ0n) is 14.1. The van der Waals surface area contributed by atoms with Crippen LogP contribution in [0, 0.1) is 0 Å². The monoisotopic (exact) mass is 378 g/mol. The Morgan fingerprint density at radius 3 is 2.48 bits per heavy atom. The van der Waals surface area contributed by atoms with Crippen molar-refractivity contribution in [3.05, 3.63) is 95.2 Å². The van der Waals surface area contributed by atoms with Gasteiger partial charge in [-0.25, -0.2) is 9.78 Å². The van der Waals surface area contributed by atoms with E-state index in [1.165, 1.54) is 6.20 Å². The molecule has 1 aliphatic heterocycles. The quantitative estimate of drug-likeness (QED) is 0.680. The van der Waals surface area contributed by atoms with E-state index in [2.05, 4.69) is 15.6 Å². The lowest BCUT2D eigenvalue weighted by Gasteiger charge is -2.25. The fourth-order valence-electron chi connectivity index (χ4n) is 2.96. The number of carbonyl (C=O) groups excluding carboxylic acids is 2. The van der Waals surface area contributed by atoms with Crippen molar-refractivity contribution in [1.29, 1.82) is 0 Å². The highest BCUT2D eigenvalue weighted by Crippen LogP contribution is 2.27. The maximum absolute atomic E-state index is 13.1. The van der Waals surface area contributed by atoms with Crippen molar-refractivity contribution in [1.82, 2.24) is 20.2 Å². The number of nitrogens with zero attached hydrogens (tertiary/aromatic N) is 2. The predicted molar refractivity (Wildman–Crippen MR) is 102 cm³/mol. The summed E-state index contributed by atoms with van der Waals surface area (Å²) in [7, 11) is 0. The SMILES string of the molecule is O=C1NC=C(C(=O)c2ccc(-n3ccnc3)cc2)C(c2ccc(Cl)cc2)N1. The Balaban J connectivity index is 1.64. The Labute approximate surface area is 160 Å². The first-order valence-corrected chi connectivity index (χ1v) is 8.65. The highest BCUT2D eigenvalue weighted by molar-refractivity contribution is 6.30. The maximum Gasteiger partial charge on any atom is 0.319 e. The van der Waals surface area contributed by atoms with Gasteiger partial charge in [0, 0.05) is 40.4 Å². The second-order valence-electron chi connectivity index (χ2n) is 6.05. The molecule has 0 saturated heterocycles. The molecule has 0 aliphatic carbocycles. The summed E-state index contributed by atoms with van der Waals surface area (Å²) in [6.45, 7) is 0. The van der Waals surface area contributed by atoms with Gasteiger partial charge in [-0.15, -0.1) is 0 Å². The summed E-state index contributed by atoms with van der Waals surface area (Å²) in [5.41, 5.74) is 2.67. The average Bonchev–Trinajstić information content (AvgIpc) is 3.23. The number of rotatable bonds is 4. The minimum absolute atomic E-state index is 0.167. The Morgan fingerprint density at radius 1 is 1.07 bits per heavy atom. The smallest absolute Gasteiger partial charge is 0.319 e. The molecule has 1 atom stereocenters. The molecule has 2 aromatic carbocycles. The zero-order chi connectivity index (χ0) is 18.8. The van der Waals surface area contributed by atoms with Gasteiger partial charge in [0.2, 0.25) is 0 Å². The molecule has 0 radical (unpaired) electrons. The summed E-state index contributed by atoms with van der Waals surface area (Å²) in [5, 5.41) is 5.94. The molecule has 134 valence electrons. The molecule has 0 spiro atoms. The van der Waals surface area contributed by atoms with Crippen molar-refractivity contribution in [2.45, 2.75) is 6.04 Å². The molecular weight excluding hydrogens is 364 g/mol. The van der Waals surface area contributed by atoms with E-state index in [0.717, 1.165) is 11.3 Å². The number of ketones is 1. The van der Waals surface area contributed by atoms with Crippen LogP contribution in [-0.2, 0) is 0 Å². The van der Waals surface area contributed by atoms with Crippen molar-refractivity contribution >= 4 is 23.4 Å². The molecule has 2 heterocycles. The lowest BCUT2D eigenvalue weighted by atomic mass is 9.92. The van der Waals surface area contributed by atoms with E-state index in [1.54, 1.807) is 48.9 Å². The van der Waals surface area contributed by atoms with Gasteiger partial charge in [0.1, 0.15) is 0 Å². The first-order chi connectivity index (χ1) is 13.1. The van der Waals surface area contributed by atoms with Gasteiger partial charge in [0.15, 0.2) is 5.78 Å². The van der Waals surface area contributed by atoms with Crippen LogP contribution in [0.4, 0.5) is 4.79 Å². The number of aromatic nitrogens is 2.